The topological polar surface area (TPSA) is 156 Å². The highest BCUT2D eigenvalue weighted by Crippen LogP contribution is 2.11. The highest BCUT2D eigenvalue weighted by molar-refractivity contribution is 7.81. The van der Waals surface area contributed by atoms with Crippen LogP contribution in [0.1, 0.15) is 0 Å². The summed E-state index contributed by atoms with van der Waals surface area (Å²) in [6.45, 7) is -1.62. The Hall–Kier alpha value is -0.520. The molecule has 0 aromatic carbocycles. The van der Waals surface area contributed by atoms with Crippen LogP contribution in [0.5, 0.6) is 0 Å². The second-order valence-corrected chi connectivity index (χ2v) is 3.87. The number of aliphatic hydroxyl groups is 4. The lowest BCUT2D eigenvalue weighted by molar-refractivity contribution is -0.134. The van der Waals surface area contributed by atoms with Crippen LogP contribution in [-0.2, 0) is 9.59 Å². The Morgan fingerprint density at radius 2 is 0.895 bits per heavy atom. The molecule has 0 rings (SSSR count). The molecule has 8 nitrogen and oxygen atoms in total. The van der Waals surface area contributed by atoms with Gasteiger partial charge in [-0.3, -0.25) is 9.59 Å². The molecule has 19 heavy (non-hydrogen) atoms. The van der Waals surface area contributed by atoms with Gasteiger partial charge in [-0.05, 0) is 0 Å². The van der Waals surface area contributed by atoms with Crippen molar-refractivity contribution >= 4 is 37.2 Å². The van der Waals surface area contributed by atoms with E-state index in [9.17, 15) is 9.59 Å². The summed E-state index contributed by atoms with van der Waals surface area (Å²) < 4.78 is 0. The maximum absolute atomic E-state index is 9.29. The van der Waals surface area contributed by atoms with Crippen molar-refractivity contribution in [2.24, 2.45) is 5.41 Å². The molecule has 6 N–H and O–H groups in total. The first-order valence-corrected chi connectivity index (χ1v) is 6.14. The van der Waals surface area contributed by atoms with E-state index >= 15 is 0 Å². The van der Waals surface area contributed by atoms with Gasteiger partial charge in [-0.2, -0.15) is 25.3 Å². The monoisotopic (exact) mass is 320 g/mol. The van der Waals surface area contributed by atoms with Crippen LogP contribution < -0.4 is 0 Å². The number of thiol groups is 2. The van der Waals surface area contributed by atoms with Crippen molar-refractivity contribution in [3.63, 3.8) is 0 Å². The van der Waals surface area contributed by atoms with E-state index in [4.69, 9.17) is 30.6 Å². The molecule has 0 unspecified atom stereocenters. The third kappa shape index (κ3) is 17.5. The van der Waals surface area contributed by atoms with Gasteiger partial charge >= 0.3 is 11.9 Å². The van der Waals surface area contributed by atoms with Crippen molar-refractivity contribution in [2.45, 2.75) is 0 Å². The first kappa shape index (κ1) is 23.6. The molecule has 0 bridgehead atoms. The molecular formula is C9H20O8S2. The second-order valence-electron chi connectivity index (χ2n) is 3.24. The van der Waals surface area contributed by atoms with Crippen LogP contribution in [0.2, 0.25) is 0 Å². The summed E-state index contributed by atoms with van der Waals surface area (Å²) in [4.78, 5) is 18.6. The molecule has 0 radical (unpaired) electrons. The van der Waals surface area contributed by atoms with Crippen molar-refractivity contribution in [1.29, 1.82) is 0 Å². The van der Waals surface area contributed by atoms with Gasteiger partial charge in [-0.1, -0.05) is 0 Å². The fraction of sp³-hybridized carbons (Fsp3) is 0.778. The average Bonchev–Trinajstić information content (AvgIpc) is 2.43. The largest absolute Gasteiger partial charge is 0.481 e. The SMILES string of the molecule is O=C(O)CS.O=C(O)CS.OCC(CO)(CO)CO. The number of hydrogen-bond acceptors (Lipinski definition) is 8. The summed E-state index contributed by atoms with van der Waals surface area (Å²) in [5.74, 6) is -1.93. The van der Waals surface area contributed by atoms with Crippen LogP contribution in [0.25, 0.3) is 0 Å². The van der Waals surface area contributed by atoms with Crippen LogP contribution in [0.3, 0.4) is 0 Å². The number of carboxylic acid groups (broad SMARTS) is 2. The average molecular weight is 320 g/mol. The van der Waals surface area contributed by atoms with Crippen molar-refractivity contribution in [3.05, 3.63) is 0 Å². The summed E-state index contributed by atoms with van der Waals surface area (Å²) >= 11 is 6.83. The van der Waals surface area contributed by atoms with E-state index in [0.29, 0.717) is 0 Å². The molecule has 0 heterocycles. The number of carbonyl (C=O) groups is 2. The third-order valence-electron chi connectivity index (χ3n) is 1.61. The predicted octanol–water partition coefficient (Wildman–Crippen LogP) is -2.06. The van der Waals surface area contributed by atoms with Crippen molar-refractivity contribution < 1.29 is 40.2 Å². The molecule has 10 heteroatoms. The minimum atomic E-state index is -1.11. The Kier molecular flexibility index (Phi) is 19.3. The fourth-order valence-electron chi connectivity index (χ4n) is 0.300. The Balaban J connectivity index is -0.000000219. The highest BCUT2D eigenvalue weighted by atomic mass is 32.1. The van der Waals surface area contributed by atoms with Gasteiger partial charge in [-0.25, -0.2) is 0 Å². The number of aliphatic hydroxyl groups excluding tert-OH is 4. The van der Waals surface area contributed by atoms with Crippen molar-refractivity contribution in [1.82, 2.24) is 0 Å². The Labute approximate surface area is 121 Å². The van der Waals surface area contributed by atoms with Gasteiger partial charge in [0.15, 0.2) is 0 Å². The van der Waals surface area contributed by atoms with E-state index in [1.807, 2.05) is 0 Å². The maximum atomic E-state index is 9.29. The lowest BCUT2D eigenvalue weighted by Crippen LogP contribution is -2.37. The van der Waals surface area contributed by atoms with Crippen LogP contribution in [0.4, 0.5) is 0 Å². The van der Waals surface area contributed by atoms with E-state index < -0.39 is 43.8 Å². The predicted molar refractivity (Wildman–Crippen MR) is 73.8 cm³/mol. The van der Waals surface area contributed by atoms with Crippen LogP contribution in [-0.4, -0.2) is 80.5 Å². The normalized spacial score (nSPS) is 9.58. The fourth-order valence-corrected chi connectivity index (χ4v) is 0.300. The molecule has 0 atom stereocenters. The number of hydrogen-bond donors (Lipinski definition) is 8. The van der Waals surface area contributed by atoms with E-state index in [1.54, 1.807) is 0 Å². The molecule has 0 aromatic heterocycles. The summed E-state index contributed by atoms with van der Waals surface area (Å²) in [5.41, 5.74) is -1.11. The zero-order chi connectivity index (χ0) is 15.9. The lowest BCUT2D eigenvalue weighted by Gasteiger charge is -2.23. The second kappa shape index (κ2) is 15.5. The standard InChI is InChI=1S/C5H12O4.2C2H4O2S/c6-1-5(2-7,3-8)4-9;2*3-2(4)1-5/h6-9H,1-4H2;2*5H,1H2,(H,3,4). The smallest absolute Gasteiger partial charge is 0.313 e. The van der Waals surface area contributed by atoms with Crippen LogP contribution in [0.15, 0.2) is 0 Å². The van der Waals surface area contributed by atoms with Gasteiger partial charge < -0.3 is 30.6 Å². The van der Waals surface area contributed by atoms with E-state index in [-0.39, 0.29) is 11.5 Å². The molecule has 0 spiro atoms. The molecule has 0 fully saturated rings. The summed E-state index contributed by atoms with van der Waals surface area (Å²) in [5, 5.41) is 49.3. The Bertz CT molecular complexity index is 201. The molecule has 0 amide bonds. The molecule has 0 aliphatic rings. The van der Waals surface area contributed by atoms with Crippen LogP contribution >= 0.6 is 25.3 Å². The molecular weight excluding hydrogens is 300 g/mol. The third-order valence-corrected chi connectivity index (χ3v) is 2.15. The minimum absolute atomic E-state index is 0.0833. The number of aliphatic carboxylic acids is 2. The summed E-state index contributed by atoms with van der Waals surface area (Å²) in [7, 11) is 0. The van der Waals surface area contributed by atoms with Gasteiger partial charge in [0, 0.05) is 0 Å². The maximum Gasteiger partial charge on any atom is 0.313 e. The molecule has 0 aliphatic heterocycles. The number of rotatable bonds is 6. The van der Waals surface area contributed by atoms with E-state index in [0.717, 1.165) is 0 Å². The van der Waals surface area contributed by atoms with Gasteiger partial charge in [0.05, 0.1) is 43.3 Å². The van der Waals surface area contributed by atoms with Gasteiger partial charge in [0.1, 0.15) is 0 Å². The Morgan fingerprint density at radius 1 is 0.737 bits per heavy atom. The van der Waals surface area contributed by atoms with Gasteiger partial charge in [0.25, 0.3) is 0 Å². The zero-order valence-electron chi connectivity index (χ0n) is 10.1. The molecule has 0 aliphatic carbocycles. The van der Waals surface area contributed by atoms with Crippen LogP contribution in [0, 0.1) is 5.41 Å². The molecule has 0 saturated carbocycles. The first-order chi connectivity index (χ1) is 8.78. The lowest BCUT2D eigenvalue weighted by atomic mass is 9.93. The highest BCUT2D eigenvalue weighted by Gasteiger charge is 2.26. The summed E-state index contributed by atoms with van der Waals surface area (Å²) in [6.07, 6.45) is 0. The first-order valence-electron chi connectivity index (χ1n) is 4.87. The quantitative estimate of drug-likeness (QED) is 0.260. The zero-order valence-corrected chi connectivity index (χ0v) is 11.9. The molecule has 0 saturated heterocycles. The van der Waals surface area contributed by atoms with E-state index in [2.05, 4.69) is 25.3 Å². The molecule has 0 aromatic rings. The Morgan fingerprint density at radius 3 is 0.895 bits per heavy atom. The number of carboxylic acids is 2. The van der Waals surface area contributed by atoms with E-state index in [1.165, 1.54) is 0 Å². The van der Waals surface area contributed by atoms with Gasteiger partial charge in [0.2, 0.25) is 0 Å². The molecule has 116 valence electrons. The minimum Gasteiger partial charge on any atom is -0.481 e. The van der Waals surface area contributed by atoms with Crippen molar-refractivity contribution in [2.75, 3.05) is 37.9 Å². The van der Waals surface area contributed by atoms with Crippen molar-refractivity contribution in [3.8, 4) is 0 Å². The summed E-state index contributed by atoms with van der Waals surface area (Å²) in [6, 6.07) is 0. The van der Waals surface area contributed by atoms with Gasteiger partial charge in [-0.15, -0.1) is 0 Å².